The van der Waals surface area contributed by atoms with Crippen molar-refractivity contribution in [2.45, 2.75) is 32.7 Å². The van der Waals surface area contributed by atoms with E-state index in [4.69, 9.17) is 9.47 Å². The smallest absolute Gasteiger partial charge is 0.300 e. The molecule has 0 bridgehead atoms. The number of aliphatic hydroxyl groups excluding tert-OH is 1. The number of anilines is 1. The molecular formula is C28H28N2O5. The van der Waals surface area contributed by atoms with Crippen LogP contribution in [0.15, 0.2) is 66.4 Å². The zero-order chi connectivity index (χ0) is 25.3. The zero-order valence-electron chi connectivity index (χ0n) is 20.4. The number of ether oxygens (including phenoxy) is 2. The summed E-state index contributed by atoms with van der Waals surface area (Å²) in [6.07, 6.45) is 1.60. The Morgan fingerprint density at radius 1 is 1.03 bits per heavy atom. The Hall–Kier alpha value is -4.13. The first-order chi connectivity index (χ1) is 16.8. The molecule has 1 fully saturated rings. The molecule has 0 aliphatic carbocycles. The molecule has 2 aromatic carbocycles. The maximum absolute atomic E-state index is 13.4. The Kier molecular flexibility index (Phi) is 6.60. The number of amides is 1. The van der Waals surface area contributed by atoms with Gasteiger partial charge in [0, 0.05) is 17.4 Å². The van der Waals surface area contributed by atoms with Gasteiger partial charge in [-0.3, -0.25) is 19.5 Å². The largest absolute Gasteiger partial charge is 0.507 e. The number of pyridine rings is 1. The second-order valence-electron chi connectivity index (χ2n) is 8.69. The van der Waals surface area contributed by atoms with E-state index in [1.54, 1.807) is 62.9 Å². The quantitative estimate of drug-likeness (QED) is 0.303. The number of methoxy groups -OCH3 is 2. The molecule has 4 rings (SSSR count). The number of Topliss-reactive ketones (excluding diaryl/α,β-unsaturated/α-hetero) is 1. The summed E-state index contributed by atoms with van der Waals surface area (Å²) in [6, 6.07) is 14.9. The van der Waals surface area contributed by atoms with Crippen molar-refractivity contribution in [3.8, 4) is 11.5 Å². The lowest BCUT2D eigenvalue weighted by Crippen LogP contribution is -2.29. The first kappa shape index (κ1) is 24.0. The number of aromatic nitrogens is 1. The van der Waals surface area contributed by atoms with Crippen LogP contribution in [0.4, 0.5) is 5.69 Å². The highest BCUT2D eigenvalue weighted by Crippen LogP contribution is 2.43. The van der Waals surface area contributed by atoms with Gasteiger partial charge in [-0.25, -0.2) is 0 Å². The standard InChI is InChI=1S/C28H28N2O5/c1-16(2)20-15-21(17(3)14-23(20)35-5)26(31)24-25(22-8-6-7-13-29-22)30(28(33)27(24)32)18-9-11-19(34-4)12-10-18/h6-16,25,31H,1-5H3/b26-24+. The van der Waals surface area contributed by atoms with E-state index in [2.05, 4.69) is 4.98 Å². The average molecular weight is 473 g/mol. The second-order valence-corrected chi connectivity index (χ2v) is 8.69. The van der Waals surface area contributed by atoms with Crippen LogP contribution in [0, 0.1) is 6.92 Å². The van der Waals surface area contributed by atoms with Crippen molar-refractivity contribution in [3.63, 3.8) is 0 Å². The summed E-state index contributed by atoms with van der Waals surface area (Å²) < 4.78 is 10.8. The van der Waals surface area contributed by atoms with Gasteiger partial charge in [0.15, 0.2) is 0 Å². The summed E-state index contributed by atoms with van der Waals surface area (Å²) in [7, 11) is 3.15. The third kappa shape index (κ3) is 4.25. The van der Waals surface area contributed by atoms with Gasteiger partial charge in [0.2, 0.25) is 0 Å². The van der Waals surface area contributed by atoms with Crippen molar-refractivity contribution >= 4 is 23.1 Å². The zero-order valence-corrected chi connectivity index (χ0v) is 20.4. The van der Waals surface area contributed by atoms with Gasteiger partial charge >= 0.3 is 0 Å². The number of nitrogens with zero attached hydrogens (tertiary/aromatic N) is 2. The van der Waals surface area contributed by atoms with Crippen molar-refractivity contribution in [1.29, 1.82) is 0 Å². The molecule has 3 aromatic rings. The number of rotatable bonds is 6. The Labute approximate surface area is 204 Å². The topological polar surface area (TPSA) is 89.0 Å². The van der Waals surface area contributed by atoms with E-state index in [0.29, 0.717) is 28.4 Å². The van der Waals surface area contributed by atoms with Crippen molar-refractivity contribution < 1.29 is 24.2 Å². The number of aryl methyl sites for hydroxylation is 1. The van der Waals surface area contributed by atoms with Crippen LogP contribution in [-0.4, -0.2) is 36.0 Å². The molecule has 7 nitrogen and oxygen atoms in total. The van der Waals surface area contributed by atoms with E-state index in [9.17, 15) is 14.7 Å². The maximum Gasteiger partial charge on any atom is 0.300 e. The average Bonchev–Trinajstić information content (AvgIpc) is 3.14. The van der Waals surface area contributed by atoms with E-state index < -0.39 is 17.7 Å². The normalized spacial score (nSPS) is 17.2. The first-order valence-electron chi connectivity index (χ1n) is 11.3. The maximum atomic E-state index is 13.4. The van der Waals surface area contributed by atoms with Gasteiger partial charge in [0.1, 0.15) is 23.3 Å². The number of aliphatic hydroxyl groups is 1. The van der Waals surface area contributed by atoms with Crippen molar-refractivity contribution in [2.75, 3.05) is 19.1 Å². The molecule has 1 aliphatic rings. The highest BCUT2D eigenvalue weighted by atomic mass is 16.5. The highest BCUT2D eigenvalue weighted by Gasteiger charge is 2.47. The summed E-state index contributed by atoms with van der Waals surface area (Å²) in [5.74, 6) is -0.302. The molecule has 2 heterocycles. The number of carbonyl (C=O) groups excluding carboxylic acids is 2. The predicted molar refractivity (Wildman–Crippen MR) is 134 cm³/mol. The minimum atomic E-state index is -0.895. The number of benzene rings is 2. The summed E-state index contributed by atoms with van der Waals surface area (Å²) in [5, 5.41) is 11.5. The SMILES string of the molecule is COc1ccc(N2C(=O)C(=O)/C(=C(/O)c3cc(C(C)C)c(OC)cc3C)C2c2ccccn2)cc1. The molecule has 1 aliphatic heterocycles. The molecule has 1 unspecified atom stereocenters. The molecule has 1 N–H and O–H groups in total. The summed E-state index contributed by atoms with van der Waals surface area (Å²) in [4.78, 5) is 32.5. The second kappa shape index (κ2) is 9.62. The minimum absolute atomic E-state index is 0.00695. The molecule has 1 saturated heterocycles. The Balaban J connectivity index is 1.95. The van der Waals surface area contributed by atoms with E-state index in [1.165, 1.54) is 4.90 Å². The van der Waals surface area contributed by atoms with Crippen LogP contribution >= 0.6 is 0 Å². The Morgan fingerprint density at radius 2 is 1.74 bits per heavy atom. The van der Waals surface area contributed by atoms with Crippen LogP contribution in [-0.2, 0) is 9.59 Å². The lowest BCUT2D eigenvalue weighted by Gasteiger charge is -2.25. The van der Waals surface area contributed by atoms with Crippen molar-refractivity contribution in [3.05, 3.63) is 88.8 Å². The molecule has 0 saturated carbocycles. The molecule has 1 amide bonds. The summed E-state index contributed by atoms with van der Waals surface area (Å²) in [5.41, 5.74) is 3.05. The molecule has 0 radical (unpaired) electrons. The van der Waals surface area contributed by atoms with Crippen LogP contribution in [0.25, 0.3) is 5.76 Å². The predicted octanol–water partition coefficient (Wildman–Crippen LogP) is 5.16. The third-order valence-corrected chi connectivity index (χ3v) is 6.22. The van der Waals surface area contributed by atoms with Gasteiger partial charge in [-0.15, -0.1) is 0 Å². The van der Waals surface area contributed by atoms with Crippen molar-refractivity contribution in [2.24, 2.45) is 0 Å². The molecular weight excluding hydrogens is 444 g/mol. The molecule has 1 aromatic heterocycles. The van der Waals surface area contributed by atoms with Crippen LogP contribution in [0.1, 0.15) is 48.2 Å². The molecule has 1 atom stereocenters. The Morgan fingerprint density at radius 3 is 2.31 bits per heavy atom. The minimum Gasteiger partial charge on any atom is -0.507 e. The summed E-state index contributed by atoms with van der Waals surface area (Å²) >= 11 is 0. The number of ketones is 1. The fourth-order valence-electron chi connectivity index (χ4n) is 4.39. The van der Waals surface area contributed by atoms with Gasteiger partial charge in [0.05, 0.1) is 25.5 Å². The molecule has 180 valence electrons. The van der Waals surface area contributed by atoms with Crippen LogP contribution in [0.5, 0.6) is 11.5 Å². The van der Waals surface area contributed by atoms with E-state index in [0.717, 1.165) is 11.1 Å². The van der Waals surface area contributed by atoms with Crippen LogP contribution in [0.3, 0.4) is 0 Å². The van der Waals surface area contributed by atoms with Gasteiger partial charge in [-0.2, -0.15) is 0 Å². The van der Waals surface area contributed by atoms with E-state index >= 15 is 0 Å². The Bertz CT molecular complexity index is 1300. The molecule has 35 heavy (non-hydrogen) atoms. The monoisotopic (exact) mass is 472 g/mol. The number of hydrogen-bond acceptors (Lipinski definition) is 6. The first-order valence-corrected chi connectivity index (χ1v) is 11.3. The van der Waals surface area contributed by atoms with Gasteiger partial charge in [-0.05, 0) is 72.5 Å². The lowest BCUT2D eigenvalue weighted by atomic mass is 9.92. The van der Waals surface area contributed by atoms with Gasteiger partial charge in [-0.1, -0.05) is 19.9 Å². The fourth-order valence-corrected chi connectivity index (χ4v) is 4.39. The summed E-state index contributed by atoms with van der Waals surface area (Å²) in [6.45, 7) is 5.87. The number of hydrogen-bond donors (Lipinski definition) is 1. The van der Waals surface area contributed by atoms with E-state index in [1.807, 2.05) is 32.9 Å². The van der Waals surface area contributed by atoms with Crippen molar-refractivity contribution in [1.82, 2.24) is 4.98 Å². The molecule has 7 heteroatoms. The third-order valence-electron chi connectivity index (χ3n) is 6.22. The molecule has 0 spiro atoms. The van der Waals surface area contributed by atoms with Crippen LogP contribution in [0.2, 0.25) is 0 Å². The highest BCUT2D eigenvalue weighted by molar-refractivity contribution is 6.51. The van der Waals surface area contributed by atoms with Gasteiger partial charge < -0.3 is 14.6 Å². The number of carbonyl (C=O) groups is 2. The van der Waals surface area contributed by atoms with Gasteiger partial charge in [0.25, 0.3) is 11.7 Å². The van der Waals surface area contributed by atoms with E-state index in [-0.39, 0.29) is 17.3 Å². The van der Waals surface area contributed by atoms with Crippen LogP contribution < -0.4 is 14.4 Å². The lowest BCUT2D eigenvalue weighted by molar-refractivity contribution is -0.132. The fraction of sp³-hybridized carbons (Fsp3) is 0.250.